The van der Waals surface area contributed by atoms with Crippen molar-refractivity contribution in [3.63, 3.8) is 0 Å². The number of carbonyl (C=O) groups excluding carboxylic acids is 1. The van der Waals surface area contributed by atoms with E-state index in [2.05, 4.69) is 11.6 Å². The molecule has 1 atom stereocenters. The predicted molar refractivity (Wildman–Crippen MR) is 126 cm³/mol. The van der Waals surface area contributed by atoms with Crippen LogP contribution in [0.5, 0.6) is 0 Å². The molecule has 12 heteroatoms. The molecule has 0 aliphatic rings. The van der Waals surface area contributed by atoms with Crippen LogP contribution in [0.1, 0.15) is 55.5 Å². The molecule has 2 N–H and O–H groups in total. The van der Waals surface area contributed by atoms with Gasteiger partial charge >= 0.3 is 18.1 Å². The van der Waals surface area contributed by atoms with Crippen molar-refractivity contribution in [2.75, 3.05) is 6.54 Å². The Labute approximate surface area is 207 Å². The summed E-state index contributed by atoms with van der Waals surface area (Å²) >= 11 is 0.875. The maximum absolute atomic E-state index is 13.0. The van der Waals surface area contributed by atoms with Crippen LogP contribution in [0.2, 0.25) is 0 Å². The Morgan fingerprint density at radius 1 is 1.14 bits per heavy atom. The van der Waals surface area contributed by atoms with Gasteiger partial charge in [-0.2, -0.15) is 13.2 Å². The molecule has 1 heterocycles. The van der Waals surface area contributed by atoms with Gasteiger partial charge in [0, 0.05) is 18.0 Å². The van der Waals surface area contributed by atoms with Crippen molar-refractivity contribution in [3.8, 4) is 0 Å². The molecule has 0 spiro atoms. The van der Waals surface area contributed by atoms with Gasteiger partial charge in [-0.1, -0.05) is 45.2 Å². The summed E-state index contributed by atoms with van der Waals surface area (Å²) in [6.45, 7) is 3.70. The highest BCUT2D eigenvalue weighted by atomic mass is 32.2. The molecule has 0 saturated heterocycles. The molecule has 7 nitrogen and oxygen atoms in total. The zero-order valence-electron chi connectivity index (χ0n) is 19.5. The lowest BCUT2D eigenvalue weighted by molar-refractivity contribution is -0.156. The predicted octanol–water partition coefficient (Wildman–Crippen LogP) is 4.88. The SMILES string of the molecule is CCCCC(CC)CNS(=O)(=O)c1ccc(CN(Cc2cccc(C(F)(F)F)c2)C(=O)C(=O)O)s1. The Morgan fingerprint density at radius 2 is 1.86 bits per heavy atom. The third kappa shape index (κ3) is 8.62. The van der Waals surface area contributed by atoms with Crippen LogP contribution in [0.3, 0.4) is 0 Å². The summed E-state index contributed by atoms with van der Waals surface area (Å²) in [5.41, 5.74) is -0.823. The van der Waals surface area contributed by atoms with Gasteiger partial charge < -0.3 is 10.0 Å². The van der Waals surface area contributed by atoms with Crippen LogP contribution in [0, 0.1) is 5.92 Å². The first-order valence-corrected chi connectivity index (χ1v) is 13.4. The standard InChI is InChI=1S/C23H29F3N2O5S2/c1-3-5-7-16(4-2)13-27-35(32,33)20-11-10-19(34-20)15-28(21(29)22(30)31)14-17-8-6-9-18(12-17)23(24,25)26/h6,8-12,16,27H,3-5,7,13-15H2,1-2H3,(H,30,31). The summed E-state index contributed by atoms with van der Waals surface area (Å²) in [6.07, 6.45) is -0.825. The average Bonchev–Trinajstić information content (AvgIpc) is 3.27. The monoisotopic (exact) mass is 534 g/mol. The zero-order valence-corrected chi connectivity index (χ0v) is 21.1. The minimum absolute atomic E-state index is 0.0136. The number of sulfonamides is 1. The maximum Gasteiger partial charge on any atom is 0.416 e. The summed E-state index contributed by atoms with van der Waals surface area (Å²) in [5, 5.41) is 9.16. The van der Waals surface area contributed by atoms with Gasteiger partial charge in [-0.3, -0.25) is 4.79 Å². The number of carbonyl (C=O) groups is 2. The molecule has 1 unspecified atom stereocenters. The van der Waals surface area contributed by atoms with E-state index in [1.165, 1.54) is 24.3 Å². The lowest BCUT2D eigenvalue weighted by Crippen LogP contribution is -2.35. The number of hydrogen-bond acceptors (Lipinski definition) is 5. The van der Waals surface area contributed by atoms with E-state index in [4.69, 9.17) is 5.11 Å². The van der Waals surface area contributed by atoms with Crippen LogP contribution in [0.4, 0.5) is 13.2 Å². The Bertz CT molecular complexity index is 1120. The van der Waals surface area contributed by atoms with Gasteiger partial charge in [0.25, 0.3) is 0 Å². The first-order chi connectivity index (χ1) is 16.4. The number of nitrogens with one attached hydrogen (secondary N) is 1. The molecule has 2 rings (SSSR count). The van der Waals surface area contributed by atoms with E-state index in [0.29, 0.717) is 11.4 Å². The van der Waals surface area contributed by atoms with Crippen LogP contribution in [-0.2, 0) is 38.9 Å². The molecule has 0 aliphatic carbocycles. The van der Waals surface area contributed by atoms with Gasteiger partial charge in [-0.05, 0) is 42.2 Å². The number of carboxylic acids is 1. The molecular formula is C23H29F3N2O5S2. The van der Waals surface area contributed by atoms with Crippen molar-refractivity contribution in [2.24, 2.45) is 5.92 Å². The molecule has 35 heavy (non-hydrogen) atoms. The van der Waals surface area contributed by atoms with E-state index in [1.54, 1.807) is 0 Å². The summed E-state index contributed by atoms with van der Waals surface area (Å²) < 4.78 is 67.1. The summed E-state index contributed by atoms with van der Waals surface area (Å²) in [4.78, 5) is 24.7. The number of nitrogens with zero attached hydrogens (tertiary/aromatic N) is 1. The number of rotatable bonds is 12. The number of aliphatic carboxylic acids is 1. The van der Waals surface area contributed by atoms with E-state index in [-0.39, 0.29) is 28.8 Å². The number of amides is 1. The molecule has 2 aromatic rings. The number of halogens is 3. The van der Waals surface area contributed by atoms with Crippen molar-refractivity contribution in [2.45, 2.75) is 63.0 Å². The molecular weight excluding hydrogens is 505 g/mol. The largest absolute Gasteiger partial charge is 0.474 e. The van der Waals surface area contributed by atoms with Crippen LogP contribution in [0.25, 0.3) is 0 Å². The van der Waals surface area contributed by atoms with Gasteiger partial charge in [-0.15, -0.1) is 11.3 Å². The number of benzene rings is 1. The fraction of sp³-hybridized carbons (Fsp3) is 0.478. The molecule has 1 aromatic carbocycles. The van der Waals surface area contributed by atoms with Gasteiger partial charge in [0.2, 0.25) is 10.0 Å². The molecule has 0 saturated carbocycles. The van der Waals surface area contributed by atoms with Crippen molar-refractivity contribution in [1.82, 2.24) is 9.62 Å². The smallest absolute Gasteiger partial charge is 0.416 e. The number of hydrogen-bond donors (Lipinski definition) is 2. The summed E-state index contributed by atoms with van der Waals surface area (Å²) in [6, 6.07) is 7.08. The minimum Gasteiger partial charge on any atom is -0.474 e. The van der Waals surface area contributed by atoms with Crippen molar-refractivity contribution < 1.29 is 36.3 Å². The first-order valence-electron chi connectivity index (χ1n) is 11.1. The van der Waals surface area contributed by atoms with Crippen molar-refractivity contribution in [1.29, 1.82) is 0 Å². The van der Waals surface area contributed by atoms with E-state index in [0.717, 1.165) is 54.1 Å². The Hall–Kier alpha value is -2.44. The molecule has 0 aliphatic heterocycles. The molecule has 1 amide bonds. The fourth-order valence-corrected chi connectivity index (χ4v) is 5.95. The summed E-state index contributed by atoms with van der Waals surface area (Å²) in [5.74, 6) is -2.86. The van der Waals surface area contributed by atoms with Gasteiger partial charge in [0.05, 0.1) is 12.1 Å². The summed E-state index contributed by atoms with van der Waals surface area (Å²) in [7, 11) is -3.80. The zero-order chi connectivity index (χ0) is 26.2. The maximum atomic E-state index is 13.0. The highest BCUT2D eigenvalue weighted by molar-refractivity contribution is 7.91. The van der Waals surface area contributed by atoms with E-state index in [1.807, 2.05) is 6.92 Å². The third-order valence-corrected chi connectivity index (χ3v) is 8.44. The Morgan fingerprint density at radius 3 is 2.46 bits per heavy atom. The Balaban J connectivity index is 2.17. The highest BCUT2D eigenvalue weighted by Gasteiger charge is 2.31. The van der Waals surface area contributed by atoms with Crippen LogP contribution < -0.4 is 4.72 Å². The van der Waals surface area contributed by atoms with Crippen molar-refractivity contribution in [3.05, 3.63) is 52.4 Å². The molecule has 0 bridgehead atoms. The minimum atomic E-state index is -4.59. The lowest BCUT2D eigenvalue weighted by atomic mass is 10.00. The van der Waals surface area contributed by atoms with Gasteiger partial charge in [0.15, 0.2) is 0 Å². The number of carboxylic acid groups (broad SMARTS) is 1. The molecule has 0 fully saturated rings. The molecule has 194 valence electrons. The second kappa shape index (κ2) is 12.5. The van der Waals surface area contributed by atoms with Crippen LogP contribution in [0.15, 0.2) is 40.6 Å². The van der Waals surface area contributed by atoms with Crippen LogP contribution in [-0.4, -0.2) is 36.8 Å². The normalized spacial score (nSPS) is 12.9. The van der Waals surface area contributed by atoms with E-state index in [9.17, 15) is 31.2 Å². The quantitative estimate of drug-likeness (QED) is 0.378. The number of unbranched alkanes of at least 4 members (excludes halogenated alkanes) is 1. The fourth-order valence-electron chi connectivity index (χ4n) is 3.42. The second-order valence-electron chi connectivity index (χ2n) is 8.15. The van der Waals surface area contributed by atoms with Crippen LogP contribution >= 0.6 is 11.3 Å². The second-order valence-corrected chi connectivity index (χ2v) is 11.3. The first kappa shape index (κ1) is 28.8. The van der Waals surface area contributed by atoms with Gasteiger partial charge in [-0.25, -0.2) is 17.9 Å². The van der Waals surface area contributed by atoms with Gasteiger partial charge in [0.1, 0.15) is 4.21 Å². The third-order valence-electron chi connectivity index (χ3n) is 5.45. The Kier molecular flexibility index (Phi) is 10.3. The number of alkyl halides is 3. The van der Waals surface area contributed by atoms with E-state index >= 15 is 0 Å². The average molecular weight is 535 g/mol. The highest BCUT2D eigenvalue weighted by Crippen LogP contribution is 2.30. The number of thiophene rings is 1. The molecule has 1 aromatic heterocycles. The lowest BCUT2D eigenvalue weighted by Gasteiger charge is -2.20. The van der Waals surface area contributed by atoms with E-state index < -0.39 is 33.6 Å². The van der Waals surface area contributed by atoms with Crippen molar-refractivity contribution >= 4 is 33.2 Å². The topological polar surface area (TPSA) is 104 Å². The molecule has 0 radical (unpaired) electrons.